The van der Waals surface area contributed by atoms with Gasteiger partial charge in [0.15, 0.2) is 0 Å². The molecule has 1 rings (SSSR count). The number of rotatable bonds is 4. The fraction of sp³-hybridized carbons (Fsp3) is 0.500. The van der Waals surface area contributed by atoms with E-state index in [4.69, 9.17) is 11.6 Å². The van der Waals surface area contributed by atoms with Crippen LogP contribution in [-0.2, 0) is 9.84 Å². The molecule has 1 aromatic heterocycles. The van der Waals surface area contributed by atoms with Crippen molar-refractivity contribution in [2.24, 2.45) is 0 Å². The van der Waals surface area contributed by atoms with E-state index < -0.39 is 9.84 Å². The van der Waals surface area contributed by atoms with Crippen LogP contribution in [0.3, 0.4) is 0 Å². The number of aryl methyl sites for hydroxylation is 1. The van der Waals surface area contributed by atoms with E-state index in [-0.39, 0.29) is 11.0 Å². The van der Waals surface area contributed by atoms with Crippen LogP contribution >= 0.6 is 23.4 Å². The van der Waals surface area contributed by atoms with Gasteiger partial charge >= 0.3 is 0 Å². The van der Waals surface area contributed by atoms with Crippen LogP contribution in [-0.4, -0.2) is 36.1 Å². The highest BCUT2D eigenvalue weighted by atomic mass is 35.5. The first-order valence-electron chi connectivity index (χ1n) is 4.18. The number of halogens is 1. The van der Waals surface area contributed by atoms with Gasteiger partial charge in [0, 0.05) is 18.2 Å². The van der Waals surface area contributed by atoms with E-state index in [9.17, 15) is 8.42 Å². The van der Waals surface area contributed by atoms with Gasteiger partial charge in [-0.3, -0.25) is 0 Å². The van der Waals surface area contributed by atoms with Crippen LogP contribution in [0.1, 0.15) is 5.56 Å². The summed E-state index contributed by atoms with van der Waals surface area (Å²) in [6.45, 7) is 1.86. The molecule has 0 radical (unpaired) electrons. The first-order chi connectivity index (χ1) is 6.88. The molecule has 0 aromatic carbocycles. The molecule has 1 heterocycles. The van der Waals surface area contributed by atoms with Gasteiger partial charge in [-0.15, -0.1) is 11.8 Å². The number of thioether (sulfide) groups is 1. The maximum Gasteiger partial charge on any atom is 0.223 e. The Bertz CT molecular complexity index is 448. The minimum absolute atomic E-state index is 0.138. The van der Waals surface area contributed by atoms with Crippen LogP contribution in [0.5, 0.6) is 0 Å². The largest absolute Gasteiger partial charge is 0.229 e. The Morgan fingerprint density at radius 3 is 2.80 bits per heavy atom. The molecule has 0 aliphatic heterocycles. The van der Waals surface area contributed by atoms with Crippen molar-refractivity contribution < 1.29 is 8.42 Å². The van der Waals surface area contributed by atoms with E-state index >= 15 is 0 Å². The van der Waals surface area contributed by atoms with E-state index in [1.165, 1.54) is 18.0 Å². The van der Waals surface area contributed by atoms with E-state index in [0.717, 1.165) is 10.6 Å². The number of nitrogens with zero attached hydrogens (tertiary/aromatic N) is 2. The second kappa shape index (κ2) is 5.14. The predicted octanol–water partition coefficient (Wildman–Crippen LogP) is 1.58. The van der Waals surface area contributed by atoms with Crippen LogP contribution in [0.4, 0.5) is 0 Å². The highest BCUT2D eigenvalue weighted by molar-refractivity contribution is 8.00. The summed E-state index contributed by atoms with van der Waals surface area (Å²) in [5.74, 6) is 0.617. The lowest BCUT2D eigenvalue weighted by Crippen LogP contribution is -2.05. The summed E-state index contributed by atoms with van der Waals surface area (Å²) in [5, 5.41) is 0.918. The van der Waals surface area contributed by atoms with E-state index in [0.29, 0.717) is 5.75 Å². The molecule has 0 spiro atoms. The van der Waals surface area contributed by atoms with Crippen molar-refractivity contribution in [3.63, 3.8) is 0 Å². The normalized spacial score (nSPS) is 11.7. The van der Waals surface area contributed by atoms with Gasteiger partial charge in [0.2, 0.25) is 5.28 Å². The minimum atomic E-state index is -2.91. The Labute approximate surface area is 98.4 Å². The van der Waals surface area contributed by atoms with Crippen LogP contribution in [0.2, 0.25) is 5.28 Å². The first kappa shape index (κ1) is 12.7. The zero-order valence-corrected chi connectivity index (χ0v) is 10.8. The van der Waals surface area contributed by atoms with Crippen molar-refractivity contribution >= 4 is 33.2 Å². The number of hydrogen-bond donors (Lipinski definition) is 0. The van der Waals surface area contributed by atoms with Gasteiger partial charge in [-0.1, -0.05) is 0 Å². The van der Waals surface area contributed by atoms with Gasteiger partial charge in [0.1, 0.15) is 14.9 Å². The molecule has 84 valence electrons. The highest BCUT2D eigenvalue weighted by Crippen LogP contribution is 2.20. The number of aromatic nitrogens is 2. The van der Waals surface area contributed by atoms with Gasteiger partial charge in [-0.25, -0.2) is 18.4 Å². The third-order valence-corrected chi connectivity index (χ3v) is 4.07. The molecule has 0 atom stereocenters. The molecular formula is C8H11ClN2O2S2. The van der Waals surface area contributed by atoms with Crippen LogP contribution in [0.15, 0.2) is 11.2 Å². The van der Waals surface area contributed by atoms with Crippen molar-refractivity contribution in [1.82, 2.24) is 9.97 Å². The molecule has 4 nitrogen and oxygen atoms in total. The van der Waals surface area contributed by atoms with Crippen LogP contribution in [0, 0.1) is 6.92 Å². The molecule has 0 saturated carbocycles. The van der Waals surface area contributed by atoms with Crippen molar-refractivity contribution in [3.05, 3.63) is 17.0 Å². The molecule has 0 saturated heterocycles. The Balaban J connectivity index is 2.61. The first-order valence-corrected chi connectivity index (χ1v) is 7.60. The van der Waals surface area contributed by atoms with Crippen molar-refractivity contribution in [3.8, 4) is 0 Å². The topological polar surface area (TPSA) is 59.9 Å². The molecule has 15 heavy (non-hydrogen) atoms. The SMILES string of the molecule is Cc1cnc(Cl)nc1SCCS(C)(=O)=O. The molecule has 0 unspecified atom stereocenters. The average Bonchev–Trinajstić information content (AvgIpc) is 2.09. The zero-order valence-electron chi connectivity index (χ0n) is 8.40. The Morgan fingerprint density at radius 2 is 2.20 bits per heavy atom. The summed E-state index contributed by atoms with van der Waals surface area (Å²) in [5.41, 5.74) is 0.901. The predicted molar refractivity (Wildman–Crippen MR) is 62.2 cm³/mol. The summed E-state index contributed by atoms with van der Waals surface area (Å²) >= 11 is 7.01. The molecule has 0 aliphatic carbocycles. The maximum atomic E-state index is 10.9. The lowest BCUT2D eigenvalue weighted by Gasteiger charge is -2.03. The molecule has 0 amide bonds. The third kappa shape index (κ3) is 4.81. The summed E-state index contributed by atoms with van der Waals surface area (Å²) < 4.78 is 21.8. The van der Waals surface area contributed by atoms with Crippen molar-refractivity contribution in [2.75, 3.05) is 17.8 Å². The zero-order chi connectivity index (χ0) is 11.5. The molecule has 1 aromatic rings. The van der Waals surface area contributed by atoms with E-state index in [1.807, 2.05) is 6.92 Å². The van der Waals surface area contributed by atoms with Gasteiger partial charge < -0.3 is 0 Å². The van der Waals surface area contributed by atoms with E-state index in [1.54, 1.807) is 6.20 Å². The molecule has 7 heteroatoms. The summed E-state index contributed by atoms with van der Waals surface area (Å²) in [6, 6.07) is 0. The molecule has 0 N–H and O–H groups in total. The Morgan fingerprint density at radius 1 is 1.53 bits per heavy atom. The third-order valence-electron chi connectivity index (χ3n) is 1.59. The van der Waals surface area contributed by atoms with Crippen LogP contribution in [0.25, 0.3) is 0 Å². The van der Waals surface area contributed by atoms with Gasteiger partial charge in [0.05, 0.1) is 5.75 Å². The average molecular weight is 267 g/mol. The van der Waals surface area contributed by atoms with Crippen molar-refractivity contribution in [1.29, 1.82) is 0 Å². The quantitative estimate of drug-likeness (QED) is 0.470. The van der Waals surface area contributed by atoms with Crippen LogP contribution < -0.4 is 0 Å². The standard InChI is InChI=1S/C8H11ClN2O2S2/c1-6-5-10-8(9)11-7(6)14-3-4-15(2,12)13/h5H,3-4H2,1-2H3. The fourth-order valence-corrected chi connectivity index (χ4v) is 3.19. The Hall–Kier alpha value is -0.330. The van der Waals surface area contributed by atoms with Gasteiger partial charge in [0.25, 0.3) is 0 Å². The van der Waals surface area contributed by atoms with E-state index in [2.05, 4.69) is 9.97 Å². The minimum Gasteiger partial charge on any atom is -0.229 e. The molecular weight excluding hydrogens is 256 g/mol. The number of sulfone groups is 1. The smallest absolute Gasteiger partial charge is 0.223 e. The lowest BCUT2D eigenvalue weighted by atomic mass is 10.4. The summed E-state index contributed by atoms with van der Waals surface area (Å²) in [6.07, 6.45) is 2.84. The summed E-state index contributed by atoms with van der Waals surface area (Å²) in [7, 11) is -2.91. The monoisotopic (exact) mass is 266 g/mol. The Kier molecular flexibility index (Phi) is 4.36. The van der Waals surface area contributed by atoms with Gasteiger partial charge in [-0.05, 0) is 24.1 Å². The second-order valence-corrected chi connectivity index (χ2v) is 6.79. The van der Waals surface area contributed by atoms with Crippen molar-refractivity contribution in [2.45, 2.75) is 11.9 Å². The molecule has 0 bridgehead atoms. The van der Waals surface area contributed by atoms with Gasteiger partial charge in [-0.2, -0.15) is 0 Å². The maximum absolute atomic E-state index is 10.9. The molecule has 0 aliphatic rings. The molecule has 0 fully saturated rings. The highest BCUT2D eigenvalue weighted by Gasteiger charge is 2.06. The fourth-order valence-electron chi connectivity index (χ4n) is 0.842. The summed E-state index contributed by atoms with van der Waals surface area (Å²) in [4.78, 5) is 7.83. The lowest BCUT2D eigenvalue weighted by molar-refractivity contribution is 0.603. The number of hydrogen-bond acceptors (Lipinski definition) is 5. The second-order valence-electron chi connectivity index (χ2n) is 3.11.